The number of hydrogen-bond acceptors (Lipinski definition) is 6. The number of nitrogens with zero attached hydrogens (tertiary/aromatic N) is 1. The molecule has 1 fully saturated rings. The van der Waals surface area contributed by atoms with Crippen LogP contribution in [0, 0.1) is 0 Å². The number of benzene rings is 1. The van der Waals surface area contributed by atoms with Gasteiger partial charge in [-0.25, -0.2) is 17.9 Å². The predicted molar refractivity (Wildman–Crippen MR) is 108 cm³/mol. The molecule has 0 saturated heterocycles. The average Bonchev–Trinajstić information content (AvgIpc) is 3.43. The maximum Gasteiger partial charge on any atom is 0.338 e. The van der Waals surface area contributed by atoms with E-state index in [2.05, 4.69) is 4.72 Å². The van der Waals surface area contributed by atoms with Crippen LogP contribution in [-0.2, 0) is 19.6 Å². The summed E-state index contributed by atoms with van der Waals surface area (Å²) in [6, 6.07) is 3.85. The molecule has 162 valence electrons. The normalized spacial score (nSPS) is 15.3. The van der Waals surface area contributed by atoms with E-state index in [1.165, 1.54) is 32.2 Å². The molecule has 1 aliphatic rings. The predicted octanol–water partition coefficient (Wildman–Crippen LogP) is 2.33. The van der Waals surface area contributed by atoms with Gasteiger partial charge in [-0.15, -0.1) is 0 Å². The van der Waals surface area contributed by atoms with E-state index in [-0.39, 0.29) is 40.2 Å². The number of nitrogens with one attached hydrogen (secondary N) is 1. The molecular weight excluding hydrogens is 396 g/mol. The molecule has 0 radical (unpaired) electrons. The van der Waals surface area contributed by atoms with Gasteiger partial charge in [0.1, 0.15) is 10.6 Å². The molecule has 2 rings (SSSR count). The Morgan fingerprint density at radius 2 is 1.69 bits per heavy atom. The highest BCUT2D eigenvalue weighted by Crippen LogP contribution is 2.28. The van der Waals surface area contributed by atoms with Crippen molar-refractivity contribution in [3.8, 4) is 5.75 Å². The number of ether oxygens (including phenoxy) is 2. The Bertz CT molecular complexity index is 854. The Morgan fingerprint density at radius 1 is 1.10 bits per heavy atom. The lowest BCUT2D eigenvalue weighted by molar-refractivity contribution is -0.143. The Kier molecular flexibility index (Phi) is 7.29. The van der Waals surface area contributed by atoms with Gasteiger partial charge in [-0.2, -0.15) is 0 Å². The molecule has 1 aliphatic carbocycles. The minimum absolute atomic E-state index is 0.0299. The van der Waals surface area contributed by atoms with E-state index in [4.69, 9.17) is 9.47 Å². The van der Waals surface area contributed by atoms with Crippen LogP contribution in [0.4, 0.5) is 0 Å². The Labute approximate surface area is 172 Å². The van der Waals surface area contributed by atoms with Gasteiger partial charge in [0.15, 0.2) is 6.10 Å². The number of sulfonamides is 1. The first-order chi connectivity index (χ1) is 13.5. The Hall–Kier alpha value is -2.13. The Morgan fingerprint density at radius 3 is 2.17 bits per heavy atom. The number of carbonyl (C=O) groups is 2. The first kappa shape index (κ1) is 23.2. The van der Waals surface area contributed by atoms with Crippen LogP contribution < -0.4 is 9.46 Å². The third kappa shape index (κ3) is 5.70. The topological polar surface area (TPSA) is 102 Å². The molecular formula is C20H30N2O6S. The van der Waals surface area contributed by atoms with Gasteiger partial charge in [-0.3, -0.25) is 4.79 Å². The highest BCUT2D eigenvalue weighted by atomic mass is 32.2. The van der Waals surface area contributed by atoms with Crippen LogP contribution in [0.2, 0.25) is 0 Å². The summed E-state index contributed by atoms with van der Waals surface area (Å²) in [5, 5.41) is 0. The molecule has 8 nitrogen and oxygen atoms in total. The zero-order chi connectivity index (χ0) is 21.9. The van der Waals surface area contributed by atoms with Gasteiger partial charge >= 0.3 is 5.97 Å². The van der Waals surface area contributed by atoms with Crippen molar-refractivity contribution in [2.75, 3.05) is 7.11 Å². The summed E-state index contributed by atoms with van der Waals surface area (Å²) >= 11 is 0. The number of esters is 1. The molecule has 29 heavy (non-hydrogen) atoms. The van der Waals surface area contributed by atoms with E-state index in [1.807, 2.05) is 27.7 Å². The quantitative estimate of drug-likeness (QED) is 0.608. The average molecular weight is 427 g/mol. The lowest BCUT2D eigenvalue weighted by Crippen LogP contribution is -2.47. The number of amides is 1. The molecule has 0 aromatic heterocycles. The molecule has 0 spiro atoms. The lowest BCUT2D eigenvalue weighted by Gasteiger charge is -2.32. The standard InChI is InChI=1S/C20H30N2O6S/c1-12(2)22(13(3)4)19(23)14(5)28-20(24)15-7-10-17(27-6)18(11-15)29(25,26)21-16-8-9-16/h7,10-14,16,21H,8-9H2,1-6H3/t14-/m1/s1. The number of carbonyl (C=O) groups excluding carboxylic acids is 2. The van der Waals surface area contributed by atoms with Crippen molar-refractivity contribution in [3.05, 3.63) is 23.8 Å². The minimum Gasteiger partial charge on any atom is -0.495 e. The van der Waals surface area contributed by atoms with Crippen LogP contribution in [0.1, 0.15) is 57.8 Å². The van der Waals surface area contributed by atoms with Crippen molar-refractivity contribution in [2.45, 2.75) is 76.6 Å². The van der Waals surface area contributed by atoms with E-state index >= 15 is 0 Å². The molecule has 1 amide bonds. The van der Waals surface area contributed by atoms with Crippen LogP contribution in [0.15, 0.2) is 23.1 Å². The van der Waals surface area contributed by atoms with Crippen molar-refractivity contribution in [2.24, 2.45) is 0 Å². The van der Waals surface area contributed by atoms with Gasteiger partial charge < -0.3 is 14.4 Å². The summed E-state index contributed by atoms with van der Waals surface area (Å²) in [6.45, 7) is 9.06. The number of hydrogen-bond donors (Lipinski definition) is 1. The SMILES string of the molecule is COc1ccc(C(=O)O[C@H](C)C(=O)N(C(C)C)C(C)C)cc1S(=O)(=O)NC1CC1. The van der Waals surface area contributed by atoms with Gasteiger partial charge in [0.2, 0.25) is 10.0 Å². The molecule has 0 aliphatic heterocycles. The lowest BCUT2D eigenvalue weighted by atomic mass is 10.2. The van der Waals surface area contributed by atoms with Crippen molar-refractivity contribution >= 4 is 21.9 Å². The molecule has 1 aromatic rings. The summed E-state index contributed by atoms with van der Waals surface area (Å²) in [4.78, 5) is 26.8. The van der Waals surface area contributed by atoms with Crippen LogP contribution >= 0.6 is 0 Å². The molecule has 0 bridgehead atoms. The molecule has 1 atom stereocenters. The van der Waals surface area contributed by atoms with E-state index in [1.54, 1.807) is 4.90 Å². The van der Waals surface area contributed by atoms with E-state index in [0.717, 1.165) is 12.8 Å². The monoisotopic (exact) mass is 426 g/mol. The summed E-state index contributed by atoms with van der Waals surface area (Å²) in [5.74, 6) is -0.950. The zero-order valence-electron chi connectivity index (χ0n) is 17.8. The maximum atomic E-state index is 12.7. The van der Waals surface area contributed by atoms with E-state index in [9.17, 15) is 18.0 Å². The first-order valence-corrected chi connectivity index (χ1v) is 11.2. The van der Waals surface area contributed by atoms with Gasteiger partial charge in [0.25, 0.3) is 5.91 Å². The summed E-state index contributed by atoms with van der Waals surface area (Å²) in [6.07, 6.45) is 0.565. The third-order valence-corrected chi connectivity index (χ3v) is 6.13. The van der Waals surface area contributed by atoms with Crippen molar-refractivity contribution in [3.63, 3.8) is 0 Å². The van der Waals surface area contributed by atoms with Crippen LogP contribution in [-0.4, -0.2) is 56.5 Å². The minimum atomic E-state index is -3.83. The second-order valence-corrected chi connectivity index (χ2v) is 9.42. The second-order valence-electron chi connectivity index (χ2n) is 7.74. The van der Waals surface area contributed by atoms with Gasteiger partial charge in [-0.1, -0.05) is 0 Å². The largest absolute Gasteiger partial charge is 0.495 e. The summed E-state index contributed by atoms with van der Waals surface area (Å²) in [7, 11) is -2.48. The smallest absolute Gasteiger partial charge is 0.338 e. The first-order valence-electron chi connectivity index (χ1n) is 9.71. The van der Waals surface area contributed by atoms with Crippen molar-refractivity contribution in [1.82, 2.24) is 9.62 Å². The number of rotatable bonds is 9. The van der Waals surface area contributed by atoms with E-state index in [0.29, 0.717) is 0 Å². The fourth-order valence-electron chi connectivity index (χ4n) is 3.09. The molecule has 1 N–H and O–H groups in total. The molecule has 0 unspecified atom stereocenters. The molecule has 1 aromatic carbocycles. The number of methoxy groups -OCH3 is 1. The molecule has 9 heteroatoms. The Balaban J connectivity index is 2.22. The van der Waals surface area contributed by atoms with Crippen LogP contribution in [0.5, 0.6) is 5.75 Å². The van der Waals surface area contributed by atoms with Crippen LogP contribution in [0.25, 0.3) is 0 Å². The highest BCUT2D eigenvalue weighted by Gasteiger charge is 2.31. The van der Waals surface area contributed by atoms with Gasteiger partial charge in [0.05, 0.1) is 12.7 Å². The highest BCUT2D eigenvalue weighted by molar-refractivity contribution is 7.89. The molecule has 0 heterocycles. The summed E-state index contributed by atoms with van der Waals surface area (Å²) < 4.78 is 38.2. The summed E-state index contributed by atoms with van der Waals surface area (Å²) in [5.41, 5.74) is 0.0299. The van der Waals surface area contributed by atoms with Gasteiger partial charge in [0, 0.05) is 18.1 Å². The fraction of sp³-hybridized carbons (Fsp3) is 0.600. The van der Waals surface area contributed by atoms with Crippen molar-refractivity contribution < 1.29 is 27.5 Å². The maximum absolute atomic E-state index is 12.7. The molecule has 1 saturated carbocycles. The zero-order valence-corrected chi connectivity index (χ0v) is 18.6. The van der Waals surface area contributed by atoms with Gasteiger partial charge in [-0.05, 0) is 65.7 Å². The fourth-order valence-corrected chi connectivity index (χ4v) is 4.59. The van der Waals surface area contributed by atoms with Crippen LogP contribution in [0.3, 0.4) is 0 Å². The third-order valence-electron chi connectivity index (χ3n) is 4.59. The van der Waals surface area contributed by atoms with Crippen molar-refractivity contribution in [1.29, 1.82) is 0 Å². The van der Waals surface area contributed by atoms with E-state index < -0.39 is 22.1 Å². The second kappa shape index (κ2) is 9.13.